The van der Waals surface area contributed by atoms with Gasteiger partial charge in [-0.3, -0.25) is 0 Å². The predicted octanol–water partition coefficient (Wildman–Crippen LogP) is 4.20. The van der Waals surface area contributed by atoms with Crippen LogP contribution in [0.25, 0.3) is 0 Å². The van der Waals surface area contributed by atoms with Crippen molar-refractivity contribution in [1.29, 1.82) is 0 Å². The molecule has 0 aliphatic carbocycles. The molecule has 0 unspecified atom stereocenters. The zero-order chi connectivity index (χ0) is 10.2. The Balaban J connectivity index is 3.00. The monoisotopic (exact) mass is 202 g/mol. The SMILES string of the molecule is CCCCCCCCO[Si](C)(C)C. The molecule has 80 valence electrons. The summed E-state index contributed by atoms with van der Waals surface area (Å²) in [6, 6.07) is 0. The number of hydrogen-bond donors (Lipinski definition) is 0. The number of unbranched alkanes of at least 4 members (excludes halogenated alkanes) is 5. The molecule has 0 spiro atoms. The molecule has 0 amide bonds. The van der Waals surface area contributed by atoms with E-state index in [2.05, 4.69) is 26.6 Å². The molecular formula is C11H26OSi. The molecule has 0 aliphatic rings. The summed E-state index contributed by atoms with van der Waals surface area (Å²) in [4.78, 5) is 0. The van der Waals surface area contributed by atoms with Crippen molar-refractivity contribution in [1.82, 2.24) is 0 Å². The van der Waals surface area contributed by atoms with E-state index < -0.39 is 8.32 Å². The second kappa shape index (κ2) is 7.57. The van der Waals surface area contributed by atoms with Crippen molar-refractivity contribution in [2.24, 2.45) is 0 Å². The molecule has 0 aliphatic heterocycles. The minimum absolute atomic E-state index is 0.988. The van der Waals surface area contributed by atoms with Gasteiger partial charge in [0.2, 0.25) is 0 Å². The lowest BCUT2D eigenvalue weighted by atomic mass is 10.1. The molecule has 0 aromatic heterocycles. The van der Waals surface area contributed by atoms with Crippen LogP contribution < -0.4 is 0 Å². The standard InChI is InChI=1S/C11H26OSi/c1-5-6-7-8-9-10-11-12-13(2,3)4/h5-11H2,1-4H3. The fraction of sp³-hybridized carbons (Fsp3) is 1.00. The van der Waals surface area contributed by atoms with Gasteiger partial charge in [0.25, 0.3) is 0 Å². The van der Waals surface area contributed by atoms with Crippen molar-refractivity contribution >= 4 is 8.32 Å². The highest BCUT2D eigenvalue weighted by Gasteiger charge is 2.12. The van der Waals surface area contributed by atoms with Gasteiger partial charge in [-0.25, -0.2) is 0 Å². The maximum absolute atomic E-state index is 5.77. The van der Waals surface area contributed by atoms with E-state index in [4.69, 9.17) is 4.43 Å². The van der Waals surface area contributed by atoms with Crippen LogP contribution in [0.2, 0.25) is 19.6 Å². The molecule has 13 heavy (non-hydrogen) atoms. The van der Waals surface area contributed by atoms with Crippen molar-refractivity contribution in [3.8, 4) is 0 Å². The average molecular weight is 202 g/mol. The third kappa shape index (κ3) is 12.2. The van der Waals surface area contributed by atoms with Gasteiger partial charge in [0.1, 0.15) is 0 Å². The molecule has 0 saturated heterocycles. The van der Waals surface area contributed by atoms with E-state index in [9.17, 15) is 0 Å². The van der Waals surface area contributed by atoms with Crippen molar-refractivity contribution < 1.29 is 4.43 Å². The van der Waals surface area contributed by atoms with Gasteiger partial charge < -0.3 is 4.43 Å². The first-order chi connectivity index (χ1) is 6.06. The fourth-order valence-corrected chi connectivity index (χ4v) is 2.02. The predicted molar refractivity (Wildman–Crippen MR) is 62.7 cm³/mol. The summed E-state index contributed by atoms with van der Waals surface area (Å²) < 4.78 is 5.77. The summed E-state index contributed by atoms with van der Waals surface area (Å²) in [6.45, 7) is 10.0. The van der Waals surface area contributed by atoms with Gasteiger partial charge >= 0.3 is 0 Å². The van der Waals surface area contributed by atoms with Crippen LogP contribution in [0.15, 0.2) is 0 Å². The lowest BCUT2D eigenvalue weighted by molar-refractivity contribution is 0.298. The lowest BCUT2D eigenvalue weighted by Gasteiger charge is -2.16. The molecule has 0 saturated carbocycles. The molecule has 0 atom stereocenters. The zero-order valence-corrected chi connectivity index (χ0v) is 10.9. The summed E-state index contributed by atoms with van der Waals surface area (Å²) in [7, 11) is -1.23. The minimum atomic E-state index is -1.23. The van der Waals surface area contributed by atoms with Crippen LogP contribution in [0.1, 0.15) is 45.4 Å². The number of rotatable bonds is 8. The van der Waals surface area contributed by atoms with Crippen molar-refractivity contribution in [3.63, 3.8) is 0 Å². The maximum Gasteiger partial charge on any atom is 0.183 e. The van der Waals surface area contributed by atoms with Gasteiger partial charge in [0, 0.05) is 6.61 Å². The van der Waals surface area contributed by atoms with Crippen LogP contribution in [-0.2, 0) is 4.43 Å². The molecule has 0 rings (SSSR count). The maximum atomic E-state index is 5.77. The van der Waals surface area contributed by atoms with Gasteiger partial charge in [-0.15, -0.1) is 0 Å². The Morgan fingerprint density at radius 3 is 1.92 bits per heavy atom. The van der Waals surface area contributed by atoms with Crippen LogP contribution in [0.5, 0.6) is 0 Å². The smallest absolute Gasteiger partial charge is 0.183 e. The van der Waals surface area contributed by atoms with Gasteiger partial charge in [0.15, 0.2) is 8.32 Å². The highest BCUT2D eigenvalue weighted by molar-refractivity contribution is 6.69. The Hall–Kier alpha value is 0.177. The van der Waals surface area contributed by atoms with E-state index in [0.29, 0.717) is 0 Å². The summed E-state index contributed by atoms with van der Waals surface area (Å²) in [6.07, 6.45) is 8.14. The van der Waals surface area contributed by atoms with Crippen molar-refractivity contribution in [3.05, 3.63) is 0 Å². The molecule has 0 bridgehead atoms. The van der Waals surface area contributed by atoms with E-state index >= 15 is 0 Å². The van der Waals surface area contributed by atoms with Gasteiger partial charge in [-0.05, 0) is 26.1 Å². The first kappa shape index (κ1) is 13.2. The minimum Gasteiger partial charge on any atom is -0.418 e. The Morgan fingerprint density at radius 1 is 0.846 bits per heavy atom. The van der Waals surface area contributed by atoms with Crippen LogP contribution in [0, 0.1) is 0 Å². The molecule has 0 aromatic rings. The normalized spacial score (nSPS) is 12.0. The Kier molecular flexibility index (Phi) is 7.67. The van der Waals surface area contributed by atoms with Crippen LogP contribution in [0.3, 0.4) is 0 Å². The van der Waals surface area contributed by atoms with E-state index in [-0.39, 0.29) is 0 Å². The molecule has 1 nitrogen and oxygen atoms in total. The van der Waals surface area contributed by atoms with Gasteiger partial charge in [-0.1, -0.05) is 39.0 Å². The van der Waals surface area contributed by atoms with E-state index in [0.717, 1.165) is 6.61 Å². The van der Waals surface area contributed by atoms with Crippen molar-refractivity contribution in [2.75, 3.05) is 6.61 Å². The molecule has 0 fully saturated rings. The molecule has 2 heteroatoms. The lowest BCUT2D eigenvalue weighted by Crippen LogP contribution is -2.25. The van der Waals surface area contributed by atoms with Gasteiger partial charge in [0.05, 0.1) is 0 Å². The summed E-state index contributed by atoms with van der Waals surface area (Å²) >= 11 is 0. The largest absolute Gasteiger partial charge is 0.418 e. The number of hydrogen-bond acceptors (Lipinski definition) is 1. The average Bonchev–Trinajstić information content (AvgIpc) is 2.01. The second-order valence-electron chi connectivity index (χ2n) is 4.73. The van der Waals surface area contributed by atoms with E-state index in [1.54, 1.807) is 0 Å². The van der Waals surface area contributed by atoms with Crippen LogP contribution in [0.4, 0.5) is 0 Å². The molecule has 0 radical (unpaired) electrons. The Labute approximate surface area is 85.0 Å². The zero-order valence-electron chi connectivity index (χ0n) is 9.86. The topological polar surface area (TPSA) is 9.23 Å². The second-order valence-corrected chi connectivity index (χ2v) is 9.24. The summed E-state index contributed by atoms with van der Waals surface area (Å²) in [5.74, 6) is 0. The molecule has 0 N–H and O–H groups in total. The van der Waals surface area contributed by atoms with Crippen molar-refractivity contribution in [2.45, 2.75) is 65.1 Å². The molecule has 0 heterocycles. The molecular weight excluding hydrogens is 176 g/mol. The quantitative estimate of drug-likeness (QED) is 0.423. The molecule has 0 aromatic carbocycles. The Morgan fingerprint density at radius 2 is 1.38 bits per heavy atom. The third-order valence-electron chi connectivity index (χ3n) is 2.03. The first-order valence-corrected chi connectivity index (χ1v) is 9.11. The van der Waals surface area contributed by atoms with E-state index in [1.807, 2.05) is 0 Å². The van der Waals surface area contributed by atoms with Crippen LogP contribution >= 0.6 is 0 Å². The van der Waals surface area contributed by atoms with Gasteiger partial charge in [-0.2, -0.15) is 0 Å². The first-order valence-electron chi connectivity index (χ1n) is 5.70. The summed E-state index contributed by atoms with van der Waals surface area (Å²) in [5, 5.41) is 0. The highest BCUT2D eigenvalue weighted by atomic mass is 28.4. The highest BCUT2D eigenvalue weighted by Crippen LogP contribution is 2.07. The summed E-state index contributed by atoms with van der Waals surface area (Å²) in [5.41, 5.74) is 0. The Bertz CT molecular complexity index is 107. The van der Waals surface area contributed by atoms with E-state index in [1.165, 1.54) is 38.5 Å². The van der Waals surface area contributed by atoms with Crippen LogP contribution in [-0.4, -0.2) is 14.9 Å². The fourth-order valence-electron chi connectivity index (χ4n) is 1.26. The third-order valence-corrected chi connectivity index (χ3v) is 3.10.